The normalized spacial score (nSPS) is 11.7. The third-order valence-corrected chi connectivity index (χ3v) is 4.48. The molecule has 0 radical (unpaired) electrons. The van der Waals surface area contributed by atoms with Gasteiger partial charge in [-0.2, -0.15) is 0 Å². The number of carboxylic acid groups (broad SMARTS) is 1. The molecule has 0 saturated heterocycles. The number of carbonyl (C=O) groups is 2. The Morgan fingerprint density at radius 3 is 2.61 bits per heavy atom. The van der Waals surface area contributed by atoms with Crippen molar-refractivity contribution in [1.29, 1.82) is 0 Å². The van der Waals surface area contributed by atoms with Crippen LogP contribution in [-0.4, -0.2) is 30.6 Å². The molecular weight excluding hydrogens is 314 g/mol. The number of methoxy groups -OCH3 is 1. The lowest BCUT2D eigenvalue weighted by Gasteiger charge is -2.10. The highest BCUT2D eigenvalue weighted by Gasteiger charge is 2.18. The van der Waals surface area contributed by atoms with Gasteiger partial charge in [-0.05, 0) is 17.5 Å². The summed E-state index contributed by atoms with van der Waals surface area (Å²) >= 11 is 1.36. The Bertz CT molecular complexity index is 681. The molecule has 5 nitrogen and oxygen atoms in total. The summed E-state index contributed by atoms with van der Waals surface area (Å²) < 4.78 is 5.30. The number of carboxylic acids is 1. The third kappa shape index (κ3) is 4.56. The standard InChI is InChI=1S/C17H19NO4S/c1-11(8-15(19)20)10-18-17(21)16-13(22-2)9-14(23-16)12-6-4-3-5-7-12/h3-7,9,11H,8,10H2,1-2H3,(H,18,21)(H,19,20). The quantitative estimate of drug-likeness (QED) is 0.815. The fraction of sp³-hybridized carbons (Fsp3) is 0.294. The predicted molar refractivity (Wildman–Crippen MR) is 90.1 cm³/mol. The Morgan fingerprint density at radius 2 is 2.00 bits per heavy atom. The Morgan fingerprint density at radius 1 is 1.30 bits per heavy atom. The van der Waals surface area contributed by atoms with Gasteiger partial charge in [-0.1, -0.05) is 37.3 Å². The van der Waals surface area contributed by atoms with Gasteiger partial charge in [-0.15, -0.1) is 11.3 Å². The van der Waals surface area contributed by atoms with E-state index in [-0.39, 0.29) is 18.2 Å². The Labute approximate surface area is 138 Å². The molecule has 1 unspecified atom stereocenters. The van der Waals surface area contributed by atoms with Crippen molar-refractivity contribution in [3.8, 4) is 16.2 Å². The third-order valence-electron chi connectivity index (χ3n) is 3.32. The summed E-state index contributed by atoms with van der Waals surface area (Å²) in [5.74, 6) is -0.716. The first-order chi connectivity index (χ1) is 11.0. The van der Waals surface area contributed by atoms with Crippen molar-refractivity contribution in [3.63, 3.8) is 0 Å². The van der Waals surface area contributed by atoms with Crippen LogP contribution in [0.3, 0.4) is 0 Å². The lowest BCUT2D eigenvalue weighted by Crippen LogP contribution is -2.28. The van der Waals surface area contributed by atoms with Crippen molar-refractivity contribution < 1.29 is 19.4 Å². The first-order valence-electron chi connectivity index (χ1n) is 7.24. The number of nitrogens with one attached hydrogen (secondary N) is 1. The van der Waals surface area contributed by atoms with Crippen molar-refractivity contribution in [2.45, 2.75) is 13.3 Å². The maximum Gasteiger partial charge on any atom is 0.303 e. The minimum absolute atomic E-state index is 0.0249. The van der Waals surface area contributed by atoms with Gasteiger partial charge in [0, 0.05) is 17.8 Å². The van der Waals surface area contributed by atoms with Gasteiger partial charge in [0.05, 0.1) is 7.11 Å². The highest BCUT2D eigenvalue weighted by molar-refractivity contribution is 7.17. The number of rotatable bonds is 7. The molecule has 0 fully saturated rings. The molecule has 2 N–H and O–H groups in total. The number of benzene rings is 1. The van der Waals surface area contributed by atoms with Crippen molar-refractivity contribution in [2.24, 2.45) is 5.92 Å². The number of hydrogen-bond acceptors (Lipinski definition) is 4. The number of thiophene rings is 1. The van der Waals surface area contributed by atoms with Crippen molar-refractivity contribution in [1.82, 2.24) is 5.32 Å². The van der Waals surface area contributed by atoms with Gasteiger partial charge in [0.15, 0.2) is 0 Å². The largest absolute Gasteiger partial charge is 0.495 e. The van der Waals surface area contributed by atoms with Gasteiger partial charge in [-0.25, -0.2) is 0 Å². The maximum absolute atomic E-state index is 12.3. The molecular formula is C17H19NO4S. The van der Waals surface area contributed by atoms with Crippen LogP contribution in [0.4, 0.5) is 0 Å². The van der Waals surface area contributed by atoms with Crippen LogP contribution in [0.25, 0.3) is 10.4 Å². The molecule has 0 spiro atoms. The van der Waals surface area contributed by atoms with Gasteiger partial charge in [0.25, 0.3) is 5.91 Å². The van der Waals surface area contributed by atoms with Gasteiger partial charge in [-0.3, -0.25) is 9.59 Å². The van der Waals surface area contributed by atoms with E-state index in [9.17, 15) is 9.59 Å². The first kappa shape index (κ1) is 17.0. The van der Waals surface area contributed by atoms with E-state index in [1.165, 1.54) is 18.4 Å². The molecule has 6 heteroatoms. The Hall–Kier alpha value is -2.34. The molecule has 122 valence electrons. The molecule has 23 heavy (non-hydrogen) atoms. The number of aliphatic carboxylic acids is 1. The van der Waals surface area contributed by atoms with Crippen LogP contribution in [-0.2, 0) is 4.79 Å². The molecule has 1 atom stereocenters. The van der Waals surface area contributed by atoms with Crippen LogP contribution in [0.1, 0.15) is 23.0 Å². The molecule has 2 aromatic rings. The zero-order valence-corrected chi connectivity index (χ0v) is 13.9. The Balaban J connectivity index is 2.11. The second-order valence-electron chi connectivity index (χ2n) is 5.29. The van der Waals surface area contributed by atoms with Gasteiger partial charge >= 0.3 is 5.97 Å². The molecule has 0 bridgehead atoms. The van der Waals surface area contributed by atoms with E-state index in [0.29, 0.717) is 17.2 Å². The average Bonchev–Trinajstić information content (AvgIpc) is 2.97. The van der Waals surface area contributed by atoms with Crippen LogP contribution in [0.5, 0.6) is 5.75 Å². The van der Waals surface area contributed by atoms with Crippen LogP contribution >= 0.6 is 11.3 Å². The lowest BCUT2D eigenvalue weighted by molar-refractivity contribution is -0.137. The highest BCUT2D eigenvalue weighted by atomic mass is 32.1. The summed E-state index contributed by atoms with van der Waals surface area (Å²) in [4.78, 5) is 24.4. The smallest absolute Gasteiger partial charge is 0.303 e. The fourth-order valence-electron chi connectivity index (χ4n) is 2.15. The van der Waals surface area contributed by atoms with Crippen LogP contribution in [0, 0.1) is 5.92 Å². The summed E-state index contributed by atoms with van der Waals surface area (Å²) in [6.45, 7) is 2.10. The van der Waals surface area contributed by atoms with E-state index in [1.807, 2.05) is 36.4 Å². The summed E-state index contributed by atoms with van der Waals surface area (Å²) in [6, 6.07) is 11.6. The van der Waals surface area contributed by atoms with Gasteiger partial charge < -0.3 is 15.2 Å². The van der Waals surface area contributed by atoms with E-state index in [0.717, 1.165) is 10.4 Å². The maximum atomic E-state index is 12.3. The monoisotopic (exact) mass is 333 g/mol. The summed E-state index contributed by atoms with van der Waals surface area (Å²) in [6.07, 6.45) is 0.0249. The van der Waals surface area contributed by atoms with E-state index in [2.05, 4.69) is 5.32 Å². The summed E-state index contributed by atoms with van der Waals surface area (Å²) in [5, 5.41) is 11.5. The van der Waals surface area contributed by atoms with E-state index < -0.39 is 5.97 Å². The van der Waals surface area contributed by atoms with Gasteiger partial charge in [0.2, 0.25) is 0 Å². The fourth-order valence-corrected chi connectivity index (χ4v) is 3.19. The van der Waals surface area contributed by atoms with Crippen LogP contribution in [0.2, 0.25) is 0 Å². The highest BCUT2D eigenvalue weighted by Crippen LogP contribution is 2.36. The molecule has 1 heterocycles. The Kier molecular flexibility index (Phi) is 5.76. The average molecular weight is 333 g/mol. The zero-order valence-electron chi connectivity index (χ0n) is 13.0. The molecule has 1 aromatic heterocycles. The molecule has 2 rings (SSSR count). The summed E-state index contributed by atoms with van der Waals surface area (Å²) in [5.41, 5.74) is 1.02. The van der Waals surface area contributed by atoms with E-state index >= 15 is 0 Å². The predicted octanol–water partition coefficient (Wildman–Crippen LogP) is 3.26. The van der Waals surface area contributed by atoms with Crippen molar-refractivity contribution in [2.75, 3.05) is 13.7 Å². The topological polar surface area (TPSA) is 75.6 Å². The SMILES string of the molecule is COc1cc(-c2ccccc2)sc1C(=O)NCC(C)CC(=O)O. The zero-order chi connectivity index (χ0) is 16.8. The second kappa shape index (κ2) is 7.78. The van der Waals surface area contributed by atoms with E-state index in [1.54, 1.807) is 6.92 Å². The molecule has 0 aliphatic carbocycles. The summed E-state index contributed by atoms with van der Waals surface area (Å²) in [7, 11) is 1.53. The van der Waals surface area contributed by atoms with Crippen molar-refractivity contribution in [3.05, 3.63) is 41.3 Å². The van der Waals surface area contributed by atoms with Crippen LogP contribution in [0.15, 0.2) is 36.4 Å². The number of hydrogen-bond donors (Lipinski definition) is 2. The number of carbonyl (C=O) groups excluding carboxylic acids is 1. The minimum Gasteiger partial charge on any atom is -0.495 e. The lowest BCUT2D eigenvalue weighted by atomic mass is 10.1. The second-order valence-corrected chi connectivity index (χ2v) is 6.34. The molecule has 1 amide bonds. The molecule has 0 aliphatic rings. The molecule has 0 saturated carbocycles. The number of ether oxygens (including phenoxy) is 1. The van der Waals surface area contributed by atoms with Gasteiger partial charge in [0.1, 0.15) is 10.6 Å². The molecule has 0 aliphatic heterocycles. The minimum atomic E-state index is -0.869. The number of amides is 1. The molecule has 1 aromatic carbocycles. The van der Waals surface area contributed by atoms with Crippen LogP contribution < -0.4 is 10.1 Å². The van der Waals surface area contributed by atoms with E-state index in [4.69, 9.17) is 9.84 Å². The van der Waals surface area contributed by atoms with Crippen molar-refractivity contribution >= 4 is 23.2 Å². The first-order valence-corrected chi connectivity index (χ1v) is 8.06.